The molecule has 0 spiro atoms. The molecule has 0 radical (unpaired) electrons. The molecular formula is C9H12O5. The molecule has 0 aromatic heterocycles. The van der Waals surface area contributed by atoms with Crippen molar-refractivity contribution >= 4 is 17.7 Å². The van der Waals surface area contributed by atoms with E-state index in [2.05, 4.69) is 0 Å². The van der Waals surface area contributed by atoms with Crippen LogP contribution in [0.2, 0.25) is 0 Å². The zero-order valence-corrected chi connectivity index (χ0v) is 7.60. The standard InChI is InChI=1S/C9H12O5/c10-6-4-2-1-3-5(6)7(8(11)12)9(13)14/h5,7H,1-4H2,(H,11,12)(H,13,14). The van der Waals surface area contributed by atoms with Crippen LogP contribution in [0.5, 0.6) is 0 Å². The van der Waals surface area contributed by atoms with Crippen molar-refractivity contribution in [2.45, 2.75) is 25.7 Å². The Kier molecular flexibility index (Phi) is 3.22. The Morgan fingerprint density at radius 1 is 1.21 bits per heavy atom. The van der Waals surface area contributed by atoms with Gasteiger partial charge < -0.3 is 10.2 Å². The summed E-state index contributed by atoms with van der Waals surface area (Å²) in [6.07, 6.45) is 2.15. The van der Waals surface area contributed by atoms with Gasteiger partial charge in [0.1, 0.15) is 5.78 Å². The first-order valence-electron chi connectivity index (χ1n) is 4.52. The molecule has 0 aromatic carbocycles. The van der Waals surface area contributed by atoms with Gasteiger partial charge in [-0.05, 0) is 12.8 Å². The average Bonchev–Trinajstić information content (AvgIpc) is 2.07. The molecule has 1 atom stereocenters. The predicted octanol–water partition coefficient (Wildman–Crippen LogP) is 0.531. The molecule has 1 saturated carbocycles. The third-order valence-corrected chi connectivity index (χ3v) is 2.54. The Balaban J connectivity index is 2.81. The zero-order valence-electron chi connectivity index (χ0n) is 7.60. The maximum Gasteiger partial charge on any atom is 0.318 e. The Labute approximate surface area is 80.7 Å². The summed E-state index contributed by atoms with van der Waals surface area (Å²) in [7, 11) is 0. The van der Waals surface area contributed by atoms with E-state index in [4.69, 9.17) is 10.2 Å². The summed E-state index contributed by atoms with van der Waals surface area (Å²) in [5, 5.41) is 17.4. The number of carbonyl (C=O) groups excluding carboxylic acids is 1. The van der Waals surface area contributed by atoms with E-state index in [-0.39, 0.29) is 5.78 Å². The maximum absolute atomic E-state index is 11.3. The number of rotatable bonds is 3. The molecule has 5 nitrogen and oxygen atoms in total. The molecule has 78 valence electrons. The van der Waals surface area contributed by atoms with Gasteiger partial charge in [0.2, 0.25) is 0 Å². The quantitative estimate of drug-likeness (QED) is 0.648. The molecule has 0 heterocycles. The normalized spacial score (nSPS) is 22.4. The van der Waals surface area contributed by atoms with E-state index >= 15 is 0 Å². The highest BCUT2D eigenvalue weighted by Crippen LogP contribution is 2.27. The van der Waals surface area contributed by atoms with Crippen LogP contribution in [0, 0.1) is 11.8 Å². The monoisotopic (exact) mass is 200 g/mol. The predicted molar refractivity (Wildman–Crippen MR) is 45.7 cm³/mol. The molecule has 14 heavy (non-hydrogen) atoms. The summed E-state index contributed by atoms with van der Waals surface area (Å²) in [5.74, 6) is -5.47. The molecule has 1 fully saturated rings. The molecule has 2 N–H and O–H groups in total. The second-order valence-corrected chi connectivity index (χ2v) is 3.47. The molecule has 0 aliphatic heterocycles. The van der Waals surface area contributed by atoms with Crippen LogP contribution >= 0.6 is 0 Å². The van der Waals surface area contributed by atoms with Crippen molar-refractivity contribution < 1.29 is 24.6 Å². The number of ketones is 1. The molecule has 1 aliphatic carbocycles. The van der Waals surface area contributed by atoms with Crippen molar-refractivity contribution in [2.75, 3.05) is 0 Å². The van der Waals surface area contributed by atoms with Crippen molar-refractivity contribution in [3.63, 3.8) is 0 Å². The topological polar surface area (TPSA) is 91.7 Å². The Bertz CT molecular complexity index is 256. The average molecular weight is 200 g/mol. The van der Waals surface area contributed by atoms with E-state index in [0.717, 1.165) is 12.8 Å². The van der Waals surface area contributed by atoms with Crippen molar-refractivity contribution in [1.29, 1.82) is 0 Å². The van der Waals surface area contributed by atoms with Crippen LogP contribution in [0.3, 0.4) is 0 Å². The number of carboxylic acids is 2. The van der Waals surface area contributed by atoms with Gasteiger partial charge in [-0.15, -0.1) is 0 Å². The summed E-state index contributed by atoms with van der Waals surface area (Å²) in [6, 6.07) is 0. The summed E-state index contributed by atoms with van der Waals surface area (Å²) in [5.41, 5.74) is 0. The number of hydrogen-bond acceptors (Lipinski definition) is 3. The van der Waals surface area contributed by atoms with Crippen LogP contribution in [0.25, 0.3) is 0 Å². The number of Topliss-reactive ketones (excluding diaryl/α,β-unsaturated/α-hetero) is 1. The van der Waals surface area contributed by atoms with E-state index in [0.29, 0.717) is 12.8 Å². The molecular weight excluding hydrogens is 188 g/mol. The van der Waals surface area contributed by atoms with Crippen molar-refractivity contribution in [3.05, 3.63) is 0 Å². The Morgan fingerprint density at radius 2 is 1.79 bits per heavy atom. The van der Waals surface area contributed by atoms with Gasteiger partial charge in [-0.25, -0.2) is 0 Å². The lowest BCUT2D eigenvalue weighted by atomic mass is 9.79. The number of aliphatic carboxylic acids is 2. The summed E-state index contributed by atoms with van der Waals surface area (Å²) < 4.78 is 0. The maximum atomic E-state index is 11.3. The highest BCUT2D eigenvalue weighted by molar-refractivity contribution is 5.99. The molecule has 1 aliphatic rings. The van der Waals surface area contributed by atoms with E-state index in [1.807, 2.05) is 0 Å². The fourth-order valence-corrected chi connectivity index (χ4v) is 1.81. The highest BCUT2D eigenvalue weighted by Gasteiger charge is 2.39. The number of hydrogen-bond donors (Lipinski definition) is 2. The van der Waals surface area contributed by atoms with Gasteiger partial charge in [0, 0.05) is 12.3 Å². The van der Waals surface area contributed by atoms with Crippen molar-refractivity contribution in [3.8, 4) is 0 Å². The van der Waals surface area contributed by atoms with Crippen LogP contribution in [0.15, 0.2) is 0 Å². The lowest BCUT2D eigenvalue weighted by Crippen LogP contribution is -2.37. The van der Waals surface area contributed by atoms with Gasteiger partial charge >= 0.3 is 11.9 Å². The molecule has 0 aromatic rings. The van der Waals surface area contributed by atoms with E-state index < -0.39 is 23.8 Å². The van der Waals surface area contributed by atoms with Crippen molar-refractivity contribution in [2.24, 2.45) is 11.8 Å². The van der Waals surface area contributed by atoms with Crippen molar-refractivity contribution in [1.82, 2.24) is 0 Å². The second-order valence-electron chi connectivity index (χ2n) is 3.47. The van der Waals surface area contributed by atoms with Gasteiger partial charge in [-0.3, -0.25) is 14.4 Å². The summed E-state index contributed by atoms with van der Waals surface area (Å²) >= 11 is 0. The molecule has 0 bridgehead atoms. The zero-order chi connectivity index (χ0) is 10.7. The van der Waals surface area contributed by atoms with E-state index in [1.54, 1.807) is 0 Å². The first kappa shape index (κ1) is 10.7. The number of carbonyl (C=O) groups is 3. The summed E-state index contributed by atoms with van der Waals surface area (Å²) in [6.45, 7) is 0. The van der Waals surface area contributed by atoms with Crippen LogP contribution in [-0.4, -0.2) is 27.9 Å². The minimum absolute atomic E-state index is 0.231. The lowest BCUT2D eigenvalue weighted by molar-refractivity contribution is -0.160. The summed E-state index contributed by atoms with van der Waals surface area (Å²) in [4.78, 5) is 32.6. The van der Waals surface area contributed by atoms with Crippen LogP contribution in [0.1, 0.15) is 25.7 Å². The van der Waals surface area contributed by atoms with Gasteiger partial charge in [0.25, 0.3) is 0 Å². The van der Waals surface area contributed by atoms with Crippen LogP contribution < -0.4 is 0 Å². The Morgan fingerprint density at radius 3 is 2.21 bits per heavy atom. The lowest BCUT2D eigenvalue weighted by Gasteiger charge is -2.23. The smallest absolute Gasteiger partial charge is 0.318 e. The van der Waals surface area contributed by atoms with Gasteiger partial charge in [0.15, 0.2) is 5.92 Å². The SMILES string of the molecule is O=C1CCCCC1C(C(=O)O)C(=O)O. The first-order valence-corrected chi connectivity index (χ1v) is 4.52. The van der Waals surface area contributed by atoms with E-state index in [9.17, 15) is 14.4 Å². The third kappa shape index (κ3) is 2.10. The third-order valence-electron chi connectivity index (χ3n) is 2.54. The second kappa shape index (κ2) is 4.21. The Hall–Kier alpha value is -1.39. The molecule has 1 rings (SSSR count). The van der Waals surface area contributed by atoms with Crippen LogP contribution in [0.4, 0.5) is 0 Å². The number of carboxylic acid groups (broad SMARTS) is 2. The van der Waals surface area contributed by atoms with Gasteiger partial charge in [-0.2, -0.15) is 0 Å². The molecule has 0 amide bonds. The molecule has 5 heteroatoms. The minimum atomic E-state index is -1.57. The first-order chi connectivity index (χ1) is 6.54. The highest BCUT2D eigenvalue weighted by atomic mass is 16.4. The van der Waals surface area contributed by atoms with Gasteiger partial charge in [-0.1, -0.05) is 6.42 Å². The fraction of sp³-hybridized carbons (Fsp3) is 0.667. The molecule has 1 unspecified atom stereocenters. The van der Waals surface area contributed by atoms with E-state index in [1.165, 1.54) is 0 Å². The van der Waals surface area contributed by atoms with Gasteiger partial charge in [0.05, 0.1) is 0 Å². The fourth-order valence-electron chi connectivity index (χ4n) is 1.81. The molecule has 0 saturated heterocycles. The van der Waals surface area contributed by atoms with Crippen LogP contribution in [-0.2, 0) is 14.4 Å². The minimum Gasteiger partial charge on any atom is -0.481 e. The largest absolute Gasteiger partial charge is 0.481 e.